The summed E-state index contributed by atoms with van der Waals surface area (Å²) in [4.78, 5) is 16.7. The summed E-state index contributed by atoms with van der Waals surface area (Å²) in [6.07, 6.45) is 4.10. The van der Waals surface area contributed by atoms with Crippen LogP contribution in [0.1, 0.15) is 61.9 Å². The number of amides is 1. The first-order valence-corrected chi connectivity index (χ1v) is 8.88. The Kier molecular flexibility index (Phi) is 5.30. The van der Waals surface area contributed by atoms with Crippen molar-refractivity contribution in [3.05, 3.63) is 23.0 Å². The van der Waals surface area contributed by atoms with Crippen molar-refractivity contribution in [2.75, 3.05) is 0 Å². The second-order valence-corrected chi connectivity index (χ2v) is 6.85. The molecule has 2 aromatic heterocycles. The summed E-state index contributed by atoms with van der Waals surface area (Å²) in [7, 11) is 0. The number of hydrogen-bond acceptors (Lipinski definition) is 3. The number of halogens is 2. The third-order valence-corrected chi connectivity index (χ3v) is 4.78. The predicted octanol–water partition coefficient (Wildman–Crippen LogP) is 3.82. The molecular formula is C18H24F2N4O. The number of fused-ring (bicyclic) bond motifs is 1. The van der Waals surface area contributed by atoms with Crippen molar-refractivity contribution < 1.29 is 13.6 Å². The van der Waals surface area contributed by atoms with Crippen LogP contribution in [0.25, 0.3) is 11.0 Å². The van der Waals surface area contributed by atoms with Gasteiger partial charge in [-0.25, -0.2) is 18.4 Å². The highest BCUT2D eigenvalue weighted by Crippen LogP contribution is 2.29. The Labute approximate surface area is 145 Å². The van der Waals surface area contributed by atoms with Crippen LogP contribution in [-0.2, 0) is 11.3 Å². The Morgan fingerprint density at radius 3 is 2.60 bits per heavy atom. The van der Waals surface area contributed by atoms with Gasteiger partial charge >= 0.3 is 0 Å². The molecular weight excluding hydrogens is 326 g/mol. The van der Waals surface area contributed by atoms with Crippen molar-refractivity contribution in [2.24, 2.45) is 0 Å². The minimum absolute atomic E-state index is 0.0000283. The van der Waals surface area contributed by atoms with E-state index in [1.807, 2.05) is 0 Å². The average Bonchev–Trinajstić information content (AvgIpc) is 2.73. The number of alkyl halides is 2. The van der Waals surface area contributed by atoms with Crippen LogP contribution in [0, 0.1) is 13.8 Å². The van der Waals surface area contributed by atoms with Crippen molar-refractivity contribution in [1.82, 2.24) is 20.1 Å². The van der Waals surface area contributed by atoms with Crippen LogP contribution in [-0.4, -0.2) is 26.7 Å². The summed E-state index contributed by atoms with van der Waals surface area (Å²) in [5, 5.41) is 7.69. The van der Waals surface area contributed by atoms with E-state index in [2.05, 4.69) is 15.4 Å². The molecule has 0 aromatic carbocycles. The molecule has 1 aliphatic carbocycles. The van der Waals surface area contributed by atoms with Gasteiger partial charge in [0.15, 0.2) is 5.65 Å². The lowest BCUT2D eigenvalue weighted by Gasteiger charge is -2.16. The first-order valence-electron chi connectivity index (χ1n) is 8.88. The molecule has 0 bridgehead atoms. The Hall–Kier alpha value is -2.05. The molecule has 25 heavy (non-hydrogen) atoms. The van der Waals surface area contributed by atoms with Gasteiger partial charge in [0, 0.05) is 17.3 Å². The molecule has 1 amide bonds. The highest BCUT2D eigenvalue weighted by molar-refractivity contribution is 5.84. The molecule has 1 fully saturated rings. The number of aromatic nitrogens is 3. The SMILES string of the molecule is Cc1cc(C(F)F)c2c(C)nn(CC(=O)NC3CCCCCC3)c2n1. The fourth-order valence-electron chi connectivity index (χ4n) is 3.63. The number of rotatable bonds is 4. The van der Waals surface area contributed by atoms with Gasteiger partial charge in [-0.2, -0.15) is 5.10 Å². The molecule has 1 aliphatic rings. The number of carbonyl (C=O) groups is 1. The van der Waals surface area contributed by atoms with Gasteiger partial charge < -0.3 is 5.32 Å². The van der Waals surface area contributed by atoms with Crippen LogP contribution in [0.2, 0.25) is 0 Å². The smallest absolute Gasteiger partial charge is 0.264 e. The van der Waals surface area contributed by atoms with Gasteiger partial charge in [-0.1, -0.05) is 25.7 Å². The fraction of sp³-hybridized carbons (Fsp3) is 0.611. The van der Waals surface area contributed by atoms with E-state index in [1.54, 1.807) is 13.8 Å². The van der Waals surface area contributed by atoms with E-state index in [4.69, 9.17) is 0 Å². The third kappa shape index (κ3) is 3.96. The molecule has 0 atom stereocenters. The highest BCUT2D eigenvalue weighted by atomic mass is 19.3. The molecule has 0 radical (unpaired) electrons. The van der Waals surface area contributed by atoms with Crippen LogP contribution in [0.5, 0.6) is 0 Å². The van der Waals surface area contributed by atoms with Crippen molar-refractivity contribution in [1.29, 1.82) is 0 Å². The van der Waals surface area contributed by atoms with E-state index in [0.29, 0.717) is 22.4 Å². The molecule has 5 nitrogen and oxygen atoms in total. The first-order chi connectivity index (χ1) is 12.0. The van der Waals surface area contributed by atoms with Crippen molar-refractivity contribution in [3.63, 3.8) is 0 Å². The monoisotopic (exact) mass is 350 g/mol. The van der Waals surface area contributed by atoms with E-state index in [0.717, 1.165) is 25.7 Å². The number of carbonyl (C=O) groups excluding carboxylic acids is 1. The summed E-state index contributed by atoms with van der Waals surface area (Å²) in [5.41, 5.74) is 1.24. The Morgan fingerprint density at radius 2 is 1.96 bits per heavy atom. The summed E-state index contributed by atoms with van der Waals surface area (Å²) in [6, 6.07) is 1.58. The second-order valence-electron chi connectivity index (χ2n) is 6.85. The molecule has 2 aromatic rings. The topological polar surface area (TPSA) is 59.8 Å². The molecule has 3 rings (SSSR count). The lowest BCUT2D eigenvalue weighted by atomic mass is 10.1. The van der Waals surface area contributed by atoms with Crippen LogP contribution < -0.4 is 5.32 Å². The summed E-state index contributed by atoms with van der Waals surface area (Å²) in [6.45, 7) is 3.34. The zero-order valence-corrected chi connectivity index (χ0v) is 14.7. The molecule has 7 heteroatoms. The van der Waals surface area contributed by atoms with Gasteiger partial charge in [0.2, 0.25) is 5.91 Å². The van der Waals surface area contributed by atoms with Crippen molar-refractivity contribution in [3.8, 4) is 0 Å². The Bertz CT molecular complexity index is 764. The number of pyridine rings is 1. The quantitative estimate of drug-likeness (QED) is 0.853. The molecule has 1 N–H and O–H groups in total. The maximum absolute atomic E-state index is 13.3. The fourth-order valence-corrected chi connectivity index (χ4v) is 3.63. The Balaban J connectivity index is 1.82. The number of aryl methyl sites for hydroxylation is 2. The second kappa shape index (κ2) is 7.45. The largest absolute Gasteiger partial charge is 0.352 e. The number of hydrogen-bond donors (Lipinski definition) is 1. The average molecular weight is 350 g/mol. The first kappa shape index (κ1) is 17.8. The van der Waals surface area contributed by atoms with Crippen molar-refractivity contribution >= 4 is 16.9 Å². The number of nitrogens with one attached hydrogen (secondary N) is 1. The molecule has 1 saturated carbocycles. The van der Waals surface area contributed by atoms with Gasteiger partial charge in [0.1, 0.15) is 6.54 Å². The maximum Gasteiger partial charge on any atom is 0.264 e. The number of nitrogens with zero attached hydrogens (tertiary/aromatic N) is 3. The van der Waals surface area contributed by atoms with Crippen molar-refractivity contribution in [2.45, 2.75) is 71.4 Å². The minimum atomic E-state index is -2.60. The van der Waals surface area contributed by atoms with Crippen LogP contribution >= 0.6 is 0 Å². The maximum atomic E-state index is 13.3. The molecule has 0 unspecified atom stereocenters. The van der Waals surface area contributed by atoms with Crippen LogP contribution in [0.15, 0.2) is 6.07 Å². The van der Waals surface area contributed by atoms with Crippen LogP contribution in [0.4, 0.5) is 8.78 Å². The third-order valence-electron chi connectivity index (χ3n) is 4.78. The van der Waals surface area contributed by atoms with E-state index in [1.165, 1.54) is 23.6 Å². The van der Waals surface area contributed by atoms with Gasteiger partial charge in [-0.3, -0.25) is 4.79 Å². The summed E-state index contributed by atoms with van der Waals surface area (Å²) < 4.78 is 28.1. The summed E-state index contributed by atoms with van der Waals surface area (Å²) in [5.74, 6) is -0.141. The highest BCUT2D eigenvalue weighted by Gasteiger charge is 2.21. The lowest BCUT2D eigenvalue weighted by molar-refractivity contribution is -0.122. The molecule has 136 valence electrons. The normalized spacial score (nSPS) is 16.4. The van der Waals surface area contributed by atoms with E-state index >= 15 is 0 Å². The van der Waals surface area contributed by atoms with E-state index < -0.39 is 6.43 Å². The van der Waals surface area contributed by atoms with E-state index in [-0.39, 0.29) is 24.1 Å². The lowest BCUT2D eigenvalue weighted by Crippen LogP contribution is -2.36. The molecule has 0 aliphatic heterocycles. The molecule has 2 heterocycles. The Morgan fingerprint density at radius 1 is 1.28 bits per heavy atom. The predicted molar refractivity (Wildman–Crippen MR) is 91.6 cm³/mol. The van der Waals surface area contributed by atoms with Gasteiger partial charge in [0.25, 0.3) is 6.43 Å². The zero-order valence-electron chi connectivity index (χ0n) is 14.7. The zero-order chi connectivity index (χ0) is 18.0. The van der Waals surface area contributed by atoms with Gasteiger partial charge in [0.05, 0.1) is 11.1 Å². The standard InChI is InChI=1S/C18H24F2N4O/c1-11-9-14(17(19)20)16-12(2)23-24(18(16)21-11)10-15(25)22-13-7-5-3-4-6-8-13/h9,13,17H,3-8,10H2,1-2H3,(H,22,25). The summed E-state index contributed by atoms with van der Waals surface area (Å²) >= 11 is 0. The van der Waals surface area contributed by atoms with Gasteiger partial charge in [-0.05, 0) is 32.8 Å². The van der Waals surface area contributed by atoms with E-state index in [9.17, 15) is 13.6 Å². The molecule has 0 spiro atoms. The molecule has 0 saturated heterocycles. The minimum Gasteiger partial charge on any atom is -0.352 e. The van der Waals surface area contributed by atoms with Crippen LogP contribution in [0.3, 0.4) is 0 Å². The van der Waals surface area contributed by atoms with Gasteiger partial charge in [-0.15, -0.1) is 0 Å².